The van der Waals surface area contributed by atoms with Crippen LogP contribution in [-0.4, -0.2) is 17.5 Å². The van der Waals surface area contributed by atoms with Gasteiger partial charge < -0.3 is 15.4 Å². The lowest BCUT2D eigenvalue weighted by Crippen LogP contribution is -2.49. The molecule has 0 saturated heterocycles. The lowest BCUT2D eigenvalue weighted by Gasteiger charge is -2.23. The summed E-state index contributed by atoms with van der Waals surface area (Å²) in [4.78, 5) is 12.1. The smallest absolute Gasteiger partial charge is 0.237 e. The van der Waals surface area contributed by atoms with Gasteiger partial charge in [-0.05, 0) is 51.5 Å². The number of nitrogens with zero attached hydrogens (tertiary/aromatic N) is 1. The van der Waals surface area contributed by atoms with Crippen molar-refractivity contribution in [2.75, 3.05) is 0 Å². The van der Waals surface area contributed by atoms with E-state index in [-0.39, 0.29) is 17.5 Å². The number of nitrogens with one attached hydrogen (secondary N) is 2. The molecule has 1 amide bonds. The van der Waals surface area contributed by atoms with Crippen LogP contribution in [0.5, 0.6) is 5.75 Å². The number of benzene rings is 2. The molecule has 1 atom stereocenters. The maximum absolute atomic E-state index is 12.1. The molecule has 0 spiro atoms. The van der Waals surface area contributed by atoms with E-state index >= 15 is 0 Å². The number of hydrogen-bond donors (Lipinski definition) is 2. The molecule has 0 saturated carbocycles. The lowest BCUT2D eigenvalue weighted by atomic mass is 10.1. The molecule has 142 valence electrons. The monoisotopic (exact) mass is 365 g/mol. The van der Waals surface area contributed by atoms with Crippen LogP contribution in [0, 0.1) is 11.3 Å². The van der Waals surface area contributed by atoms with Gasteiger partial charge in [0.2, 0.25) is 5.91 Å². The SMILES string of the molecule is CC(NCc1cccc(OCc2ccccc2C#N)c1)C(=O)NC(C)(C)C. The Morgan fingerprint density at radius 2 is 1.93 bits per heavy atom. The Hall–Kier alpha value is -2.84. The van der Waals surface area contributed by atoms with Crippen LogP contribution in [0.1, 0.15) is 44.4 Å². The Morgan fingerprint density at radius 1 is 1.19 bits per heavy atom. The van der Waals surface area contributed by atoms with Gasteiger partial charge in [-0.25, -0.2) is 0 Å². The molecule has 5 nitrogen and oxygen atoms in total. The van der Waals surface area contributed by atoms with Crippen LogP contribution >= 0.6 is 0 Å². The third kappa shape index (κ3) is 6.76. The standard InChI is InChI=1S/C22H27N3O2/c1-16(21(26)25-22(2,3)4)24-14-17-8-7-11-20(12-17)27-15-19-10-6-5-9-18(19)13-23/h5-12,16,24H,14-15H2,1-4H3,(H,25,26). The molecule has 2 N–H and O–H groups in total. The normalized spacial score (nSPS) is 12.1. The molecule has 0 heterocycles. The fourth-order valence-corrected chi connectivity index (χ4v) is 2.50. The molecule has 0 aliphatic carbocycles. The zero-order valence-corrected chi connectivity index (χ0v) is 16.4. The highest BCUT2D eigenvalue weighted by molar-refractivity contribution is 5.81. The van der Waals surface area contributed by atoms with Crippen molar-refractivity contribution in [2.24, 2.45) is 0 Å². The first-order valence-electron chi connectivity index (χ1n) is 9.03. The molecule has 2 aromatic carbocycles. The molecule has 1 unspecified atom stereocenters. The number of rotatable bonds is 7. The highest BCUT2D eigenvalue weighted by atomic mass is 16.5. The van der Waals surface area contributed by atoms with Gasteiger partial charge in [-0.2, -0.15) is 5.26 Å². The first kappa shape index (κ1) is 20.5. The van der Waals surface area contributed by atoms with Gasteiger partial charge in [-0.3, -0.25) is 4.79 Å². The maximum Gasteiger partial charge on any atom is 0.237 e. The zero-order chi connectivity index (χ0) is 19.9. The maximum atomic E-state index is 12.1. The molecule has 2 aromatic rings. The van der Waals surface area contributed by atoms with Crippen molar-refractivity contribution in [3.05, 3.63) is 65.2 Å². The van der Waals surface area contributed by atoms with E-state index in [4.69, 9.17) is 10.00 Å². The second kappa shape index (κ2) is 9.20. The Bertz CT molecular complexity index is 819. The van der Waals surface area contributed by atoms with E-state index in [0.29, 0.717) is 18.7 Å². The van der Waals surface area contributed by atoms with Crippen LogP contribution in [0.25, 0.3) is 0 Å². The molecule has 0 aliphatic heterocycles. The average molecular weight is 365 g/mol. The fraction of sp³-hybridized carbons (Fsp3) is 0.364. The van der Waals surface area contributed by atoms with E-state index < -0.39 is 0 Å². The lowest BCUT2D eigenvalue weighted by molar-refractivity contribution is -0.124. The van der Waals surface area contributed by atoms with Gasteiger partial charge in [0.25, 0.3) is 0 Å². The number of nitriles is 1. The number of hydrogen-bond acceptors (Lipinski definition) is 4. The summed E-state index contributed by atoms with van der Waals surface area (Å²) >= 11 is 0. The summed E-state index contributed by atoms with van der Waals surface area (Å²) in [7, 11) is 0. The Kier molecular flexibility index (Phi) is 6.98. The van der Waals surface area contributed by atoms with Crippen molar-refractivity contribution in [3.63, 3.8) is 0 Å². The van der Waals surface area contributed by atoms with Gasteiger partial charge in [0.15, 0.2) is 0 Å². The minimum atomic E-state index is -0.295. The predicted molar refractivity (Wildman–Crippen MR) is 106 cm³/mol. The van der Waals surface area contributed by atoms with Gasteiger partial charge in [-0.1, -0.05) is 30.3 Å². The number of ether oxygens (including phenoxy) is 1. The Morgan fingerprint density at radius 3 is 2.63 bits per heavy atom. The highest BCUT2D eigenvalue weighted by Gasteiger charge is 2.18. The van der Waals surface area contributed by atoms with Crippen LogP contribution in [-0.2, 0) is 17.9 Å². The summed E-state index contributed by atoms with van der Waals surface area (Å²) in [6.45, 7) is 8.63. The predicted octanol–water partition coefficient (Wildman–Crippen LogP) is 3.53. The van der Waals surface area contributed by atoms with Gasteiger partial charge in [0.05, 0.1) is 17.7 Å². The Balaban J connectivity index is 1.91. The average Bonchev–Trinajstić information content (AvgIpc) is 2.63. The van der Waals surface area contributed by atoms with Crippen LogP contribution in [0.15, 0.2) is 48.5 Å². The molecule has 5 heteroatoms. The largest absolute Gasteiger partial charge is 0.489 e. The minimum Gasteiger partial charge on any atom is -0.489 e. The first-order valence-corrected chi connectivity index (χ1v) is 9.03. The highest BCUT2D eigenvalue weighted by Crippen LogP contribution is 2.17. The van der Waals surface area contributed by atoms with Crippen molar-refractivity contribution in [1.82, 2.24) is 10.6 Å². The van der Waals surface area contributed by atoms with Crippen LogP contribution in [0.3, 0.4) is 0 Å². The van der Waals surface area contributed by atoms with E-state index in [1.54, 1.807) is 6.07 Å². The van der Waals surface area contributed by atoms with E-state index in [1.807, 2.05) is 70.2 Å². The summed E-state index contributed by atoms with van der Waals surface area (Å²) in [6.07, 6.45) is 0. The molecule has 0 bridgehead atoms. The van der Waals surface area contributed by atoms with Crippen molar-refractivity contribution in [3.8, 4) is 11.8 Å². The van der Waals surface area contributed by atoms with Crippen LogP contribution < -0.4 is 15.4 Å². The minimum absolute atomic E-state index is 0.0250. The van der Waals surface area contributed by atoms with Crippen molar-refractivity contribution >= 4 is 5.91 Å². The van der Waals surface area contributed by atoms with Crippen LogP contribution in [0.2, 0.25) is 0 Å². The number of carbonyl (C=O) groups is 1. The van der Waals surface area contributed by atoms with Crippen LogP contribution in [0.4, 0.5) is 0 Å². The summed E-state index contributed by atoms with van der Waals surface area (Å²) in [5.74, 6) is 0.705. The quantitative estimate of drug-likeness (QED) is 0.787. The second-order valence-electron chi connectivity index (χ2n) is 7.55. The third-order valence-corrected chi connectivity index (χ3v) is 3.93. The summed E-state index contributed by atoms with van der Waals surface area (Å²) in [5, 5.41) is 15.3. The van der Waals surface area contributed by atoms with E-state index in [9.17, 15) is 4.79 Å². The molecule has 2 rings (SSSR count). The van der Waals surface area contributed by atoms with E-state index in [2.05, 4.69) is 16.7 Å². The molecule has 27 heavy (non-hydrogen) atoms. The summed E-state index contributed by atoms with van der Waals surface area (Å²) < 4.78 is 5.84. The van der Waals surface area contributed by atoms with E-state index in [0.717, 1.165) is 16.9 Å². The number of carbonyl (C=O) groups excluding carboxylic acids is 1. The molecule has 0 radical (unpaired) electrons. The van der Waals surface area contributed by atoms with Gasteiger partial charge in [0, 0.05) is 17.6 Å². The van der Waals surface area contributed by atoms with E-state index in [1.165, 1.54) is 0 Å². The van der Waals surface area contributed by atoms with Gasteiger partial charge in [-0.15, -0.1) is 0 Å². The number of amides is 1. The second-order valence-corrected chi connectivity index (χ2v) is 7.55. The third-order valence-electron chi connectivity index (χ3n) is 3.93. The van der Waals surface area contributed by atoms with Gasteiger partial charge in [0.1, 0.15) is 12.4 Å². The summed E-state index contributed by atoms with van der Waals surface area (Å²) in [5.41, 5.74) is 2.25. The topological polar surface area (TPSA) is 74.1 Å². The molecule has 0 aliphatic rings. The van der Waals surface area contributed by atoms with Crippen molar-refractivity contribution in [1.29, 1.82) is 5.26 Å². The molecule has 0 aromatic heterocycles. The Labute approximate surface area is 161 Å². The fourth-order valence-electron chi connectivity index (χ4n) is 2.50. The molecule has 0 fully saturated rings. The molecular formula is C22H27N3O2. The first-order chi connectivity index (χ1) is 12.8. The van der Waals surface area contributed by atoms with Crippen molar-refractivity contribution in [2.45, 2.75) is 52.4 Å². The summed E-state index contributed by atoms with van der Waals surface area (Å²) in [6, 6.07) is 17.0. The van der Waals surface area contributed by atoms with Gasteiger partial charge >= 0.3 is 0 Å². The molecular weight excluding hydrogens is 338 g/mol. The van der Waals surface area contributed by atoms with Crippen molar-refractivity contribution < 1.29 is 9.53 Å². The zero-order valence-electron chi connectivity index (χ0n) is 16.4.